The summed E-state index contributed by atoms with van der Waals surface area (Å²) in [5.74, 6) is 2.79. The number of nitrogen functional groups attached to an aromatic ring is 1. The summed E-state index contributed by atoms with van der Waals surface area (Å²) in [6.07, 6.45) is 7.61. The summed E-state index contributed by atoms with van der Waals surface area (Å²) in [4.78, 5) is 4.76. The monoisotopic (exact) mass is 221 g/mol. The van der Waals surface area contributed by atoms with Crippen LogP contribution >= 0.6 is 0 Å². The predicted molar refractivity (Wildman–Crippen MR) is 67.5 cm³/mol. The third-order valence-corrected chi connectivity index (χ3v) is 3.73. The Morgan fingerprint density at radius 2 is 1.94 bits per heavy atom. The van der Waals surface area contributed by atoms with Crippen molar-refractivity contribution in [3.8, 4) is 0 Å². The van der Waals surface area contributed by atoms with Gasteiger partial charge in [0.15, 0.2) is 0 Å². The molecule has 1 aromatic rings. The summed E-state index contributed by atoms with van der Waals surface area (Å²) in [5.41, 5.74) is 7.22. The molecule has 0 unspecified atom stereocenters. The van der Waals surface area contributed by atoms with Gasteiger partial charge in [0.25, 0.3) is 0 Å². The summed E-state index contributed by atoms with van der Waals surface area (Å²) >= 11 is 0. The average Bonchev–Trinajstić information content (AvgIpc) is 2.66. The first-order valence-electron chi connectivity index (χ1n) is 6.62. The van der Waals surface area contributed by atoms with E-state index in [0.717, 1.165) is 24.5 Å². The van der Waals surface area contributed by atoms with Crippen molar-refractivity contribution in [3.63, 3.8) is 0 Å². The Morgan fingerprint density at radius 3 is 2.50 bits per heavy atom. The zero-order valence-corrected chi connectivity index (χ0v) is 10.5. The maximum absolute atomic E-state index is 6.13. The van der Waals surface area contributed by atoms with E-state index in [1.165, 1.54) is 37.9 Å². The van der Waals surface area contributed by atoms with Crippen LogP contribution in [0, 0.1) is 0 Å². The molecule has 2 rings (SSSR count). The lowest BCUT2D eigenvalue weighted by Crippen LogP contribution is -2.12. The van der Waals surface area contributed by atoms with Crippen molar-refractivity contribution < 1.29 is 0 Å². The number of anilines is 1. The number of hydrogen-bond donors (Lipinski definition) is 1. The number of aromatic nitrogens is 2. The Balaban J connectivity index is 2.31. The van der Waals surface area contributed by atoms with Crippen molar-refractivity contribution >= 4 is 5.82 Å². The number of rotatable bonds is 3. The minimum atomic E-state index is 0.649. The molecule has 0 amide bonds. The van der Waals surface area contributed by atoms with Crippen LogP contribution in [0.3, 0.4) is 0 Å². The first-order chi connectivity index (χ1) is 7.77. The van der Waals surface area contributed by atoms with Crippen LogP contribution in [0.5, 0.6) is 0 Å². The van der Waals surface area contributed by atoms with Crippen molar-refractivity contribution in [1.82, 2.24) is 9.55 Å². The molecule has 0 radical (unpaired) electrons. The minimum absolute atomic E-state index is 0.649. The Hall–Kier alpha value is -0.990. The molecule has 0 atom stereocenters. The molecule has 1 heterocycles. The van der Waals surface area contributed by atoms with E-state index in [-0.39, 0.29) is 0 Å². The van der Waals surface area contributed by atoms with Crippen LogP contribution in [0.4, 0.5) is 5.82 Å². The van der Waals surface area contributed by atoms with E-state index in [4.69, 9.17) is 10.7 Å². The summed E-state index contributed by atoms with van der Waals surface area (Å²) in [7, 11) is 0. The van der Waals surface area contributed by atoms with E-state index >= 15 is 0 Å². The van der Waals surface area contributed by atoms with Gasteiger partial charge in [0, 0.05) is 12.5 Å². The largest absolute Gasteiger partial charge is 0.384 e. The molecule has 1 saturated carbocycles. The lowest BCUT2D eigenvalue weighted by Gasteiger charge is -2.21. The molecular weight excluding hydrogens is 198 g/mol. The summed E-state index contributed by atoms with van der Waals surface area (Å²) in [6, 6.07) is 0. The quantitative estimate of drug-likeness (QED) is 0.852. The van der Waals surface area contributed by atoms with Gasteiger partial charge in [-0.3, -0.25) is 0 Å². The lowest BCUT2D eigenvalue weighted by molar-refractivity contribution is 0.417. The summed E-state index contributed by atoms with van der Waals surface area (Å²) < 4.78 is 2.22. The fourth-order valence-corrected chi connectivity index (χ4v) is 2.80. The van der Waals surface area contributed by atoms with Gasteiger partial charge in [-0.15, -0.1) is 0 Å². The van der Waals surface area contributed by atoms with E-state index in [9.17, 15) is 0 Å². The number of nitrogens with two attached hydrogens (primary N) is 1. The highest BCUT2D eigenvalue weighted by Gasteiger charge is 2.22. The lowest BCUT2D eigenvalue weighted by atomic mass is 9.88. The molecule has 2 N–H and O–H groups in total. The molecular formula is C13H23N3. The predicted octanol–water partition coefficient (Wildman–Crippen LogP) is 3.10. The highest BCUT2D eigenvalue weighted by molar-refractivity contribution is 5.39. The van der Waals surface area contributed by atoms with Gasteiger partial charge in [-0.05, 0) is 26.2 Å². The Morgan fingerprint density at radius 1 is 1.25 bits per heavy atom. The van der Waals surface area contributed by atoms with E-state index in [2.05, 4.69) is 18.4 Å². The topological polar surface area (TPSA) is 43.8 Å². The first kappa shape index (κ1) is 11.5. The number of imidazole rings is 1. The third-order valence-electron chi connectivity index (χ3n) is 3.73. The SMILES string of the molecule is CCc1nc(C2CCCCC2)n(CC)c1N. The standard InChI is InChI=1S/C13H23N3/c1-3-11-12(14)16(4-2)13(15-11)10-8-6-5-7-9-10/h10H,3-9,14H2,1-2H3. The van der Waals surface area contributed by atoms with Gasteiger partial charge in [0.05, 0.1) is 5.69 Å². The van der Waals surface area contributed by atoms with Crippen LogP contribution in [0.25, 0.3) is 0 Å². The molecule has 1 aromatic heterocycles. The first-order valence-corrected chi connectivity index (χ1v) is 6.62. The van der Waals surface area contributed by atoms with E-state index in [1.807, 2.05) is 0 Å². The molecule has 0 aliphatic heterocycles. The van der Waals surface area contributed by atoms with Crippen LogP contribution in [0.1, 0.15) is 63.4 Å². The normalized spacial score (nSPS) is 17.9. The molecule has 90 valence electrons. The van der Waals surface area contributed by atoms with Gasteiger partial charge in [0.2, 0.25) is 0 Å². The van der Waals surface area contributed by atoms with Crippen LogP contribution in [-0.2, 0) is 13.0 Å². The maximum atomic E-state index is 6.13. The van der Waals surface area contributed by atoms with Crippen molar-refractivity contribution in [2.75, 3.05) is 5.73 Å². The smallest absolute Gasteiger partial charge is 0.126 e. The maximum Gasteiger partial charge on any atom is 0.126 e. The zero-order valence-electron chi connectivity index (χ0n) is 10.5. The molecule has 3 heteroatoms. The van der Waals surface area contributed by atoms with Crippen molar-refractivity contribution in [2.45, 2.75) is 64.8 Å². The molecule has 16 heavy (non-hydrogen) atoms. The molecule has 0 spiro atoms. The van der Waals surface area contributed by atoms with Crippen LogP contribution in [0.15, 0.2) is 0 Å². The highest BCUT2D eigenvalue weighted by Crippen LogP contribution is 2.33. The summed E-state index contributed by atoms with van der Waals surface area (Å²) in [6.45, 7) is 5.23. The fraction of sp³-hybridized carbons (Fsp3) is 0.769. The van der Waals surface area contributed by atoms with E-state index in [0.29, 0.717) is 5.92 Å². The van der Waals surface area contributed by atoms with Gasteiger partial charge >= 0.3 is 0 Å². The van der Waals surface area contributed by atoms with Crippen molar-refractivity contribution in [1.29, 1.82) is 0 Å². The highest BCUT2D eigenvalue weighted by atomic mass is 15.1. The third kappa shape index (κ3) is 1.95. The van der Waals surface area contributed by atoms with Crippen LogP contribution < -0.4 is 5.73 Å². The van der Waals surface area contributed by atoms with E-state index < -0.39 is 0 Å². The molecule has 1 aliphatic rings. The number of aryl methyl sites for hydroxylation is 1. The van der Waals surface area contributed by atoms with Gasteiger partial charge in [-0.1, -0.05) is 26.2 Å². The number of nitrogens with zero attached hydrogens (tertiary/aromatic N) is 2. The van der Waals surface area contributed by atoms with Gasteiger partial charge < -0.3 is 10.3 Å². The zero-order chi connectivity index (χ0) is 11.5. The van der Waals surface area contributed by atoms with Crippen LogP contribution in [0.2, 0.25) is 0 Å². The van der Waals surface area contributed by atoms with E-state index in [1.54, 1.807) is 0 Å². The molecule has 3 nitrogen and oxygen atoms in total. The second kappa shape index (κ2) is 4.89. The molecule has 1 aliphatic carbocycles. The second-order valence-corrected chi connectivity index (χ2v) is 4.73. The van der Waals surface area contributed by atoms with Crippen molar-refractivity contribution in [3.05, 3.63) is 11.5 Å². The molecule has 0 bridgehead atoms. The fourth-order valence-electron chi connectivity index (χ4n) is 2.80. The Kier molecular flexibility index (Phi) is 3.52. The van der Waals surface area contributed by atoms with Gasteiger partial charge in [-0.25, -0.2) is 4.98 Å². The second-order valence-electron chi connectivity index (χ2n) is 4.73. The molecule has 0 saturated heterocycles. The van der Waals surface area contributed by atoms with Gasteiger partial charge in [-0.2, -0.15) is 0 Å². The average molecular weight is 221 g/mol. The molecule has 1 fully saturated rings. The van der Waals surface area contributed by atoms with Crippen molar-refractivity contribution in [2.24, 2.45) is 0 Å². The summed E-state index contributed by atoms with van der Waals surface area (Å²) in [5, 5.41) is 0. The van der Waals surface area contributed by atoms with Gasteiger partial charge in [0.1, 0.15) is 11.6 Å². The Labute approximate surface area is 98.1 Å². The minimum Gasteiger partial charge on any atom is -0.384 e. The van der Waals surface area contributed by atoms with Crippen LogP contribution in [-0.4, -0.2) is 9.55 Å². The number of hydrogen-bond acceptors (Lipinski definition) is 2. The Bertz CT molecular complexity index is 348. The molecule has 0 aromatic carbocycles.